The summed E-state index contributed by atoms with van der Waals surface area (Å²) in [5, 5.41) is 4.47. The van der Waals surface area contributed by atoms with Crippen LogP contribution in [-0.4, -0.2) is 25.1 Å². The quantitative estimate of drug-likeness (QED) is 0.609. The van der Waals surface area contributed by atoms with Gasteiger partial charge in [-0.05, 0) is 36.2 Å². The SMILES string of the molecule is CCC[C@@H](Nc1ccnc2c(C(N)=O)cccc12)c1ccc(OC)c(OC)c1. The van der Waals surface area contributed by atoms with Crippen molar-refractivity contribution < 1.29 is 14.3 Å². The van der Waals surface area contributed by atoms with Gasteiger partial charge in [0.25, 0.3) is 5.91 Å². The highest BCUT2D eigenvalue weighted by atomic mass is 16.5. The number of ether oxygens (including phenoxy) is 2. The van der Waals surface area contributed by atoms with Crippen LogP contribution in [0.2, 0.25) is 0 Å². The summed E-state index contributed by atoms with van der Waals surface area (Å²) in [6.07, 6.45) is 3.62. The van der Waals surface area contributed by atoms with Crippen molar-refractivity contribution in [3.8, 4) is 11.5 Å². The fraction of sp³-hybridized carbons (Fsp3) is 0.273. The van der Waals surface area contributed by atoms with E-state index >= 15 is 0 Å². The third kappa shape index (κ3) is 3.86. The van der Waals surface area contributed by atoms with Crippen LogP contribution < -0.4 is 20.5 Å². The number of hydrogen-bond acceptors (Lipinski definition) is 5. The Morgan fingerprint density at radius 3 is 2.61 bits per heavy atom. The number of nitrogens with two attached hydrogens (primary N) is 1. The predicted octanol–water partition coefficient (Wildman–Crippen LogP) is 4.30. The average molecular weight is 379 g/mol. The Hall–Kier alpha value is -3.28. The Balaban J connectivity index is 2.02. The molecule has 1 heterocycles. The van der Waals surface area contributed by atoms with Gasteiger partial charge in [0.05, 0.1) is 31.3 Å². The zero-order valence-electron chi connectivity index (χ0n) is 16.4. The van der Waals surface area contributed by atoms with E-state index in [9.17, 15) is 4.79 Å². The number of fused-ring (bicyclic) bond motifs is 1. The molecule has 0 saturated carbocycles. The normalized spacial score (nSPS) is 11.8. The van der Waals surface area contributed by atoms with Crippen molar-refractivity contribution in [2.75, 3.05) is 19.5 Å². The molecule has 6 nitrogen and oxygen atoms in total. The first-order chi connectivity index (χ1) is 13.6. The van der Waals surface area contributed by atoms with Gasteiger partial charge in [-0.2, -0.15) is 0 Å². The molecule has 0 aliphatic carbocycles. The van der Waals surface area contributed by atoms with Gasteiger partial charge < -0.3 is 20.5 Å². The third-order valence-electron chi connectivity index (χ3n) is 4.75. The number of nitrogens with zero attached hydrogens (tertiary/aromatic N) is 1. The second-order valence-electron chi connectivity index (χ2n) is 6.52. The lowest BCUT2D eigenvalue weighted by atomic mass is 10.0. The highest BCUT2D eigenvalue weighted by molar-refractivity contribution is 6.07. The van der Waals surface area contributed by atoms with Crippen LogP contribution in [0.4, 0.5) is 5.69 Å². The molecule has 0 aliphatic heterocycles. The second-order valence-corrected chi connectivity index (χ2v) is 6.52. The van der Waals surface area contributed by atoms with Crippen molar-refractivity contribution in [1.29, 1.82) is 0 Å². The lowest BCUT2D eigenvalue weighted by Gasteiger charge is -2.22. The van der Waals surface area contributed by atoms with Crippen LogP contribution in [-0.2, 0) is 0 Å². The number of primary amides is 1. The second kappa shape index (κ2) is 8.61. The molecule has 6 heteroatoms. The molecule has 1 aromatic heterocycles. The number of rotatable bonds is 8. The molecule has 0 radical (unpaired) electrons. The highest BCUT2D eigenvalue weighted by Gasteiger charge is 2.16. The lowest BCUT2D eigenvalue weighted by molar-refractivity contribution is 0.100. The maximum atomic E-state index is 11.7. The summed E-state index contributed by atoms with van der Waals surface area (Å²) >= 11 is 0. The third-order valence-corrected chi connectivity index (χ3v) is 4.75. The first-order valence-electron chi connectivity index (χ1n) is 9.25. The van der Waals surface area contributed by atoms with Crippen LogP contribution in [0.5, 0.6) is 11.5 Å². The minimum Gasteiger partial charge on any atom is -0.493 e. The molecule has 0 aliphatic rings. The molecular formula is C22H25N3O3. The van der Waals surface area contributed by atoms with Crippen molar-refractivity contribution in [2.24, 2.45) is 5.73 Å². The van der Waals surface area contributed by atoms with Gasteiger partial charge in [-0.25, -0.2) is 0 Å². The van der Waals surface area contributed by atoms with Crippen LogP contribution >= 0.6 is 0 Å². The number of aromatic nitrogens is 1. The van der Waals surface area contributed by atoms with Gasteiger partial charge in [-0.3, -0.25) is 9.78 Å². The van der Waals surface area contributed by atoms with E-state index in [4.69, 9.17) is 15.2 Å². The fourth-order valence-corrected chi connectivity index (χ4v) is 3.37. The Morgan fingerprint density at radius 2 is 1.93 bits per heavy atom. The number of benzene rings is 2. The molecule has 0 fully saturated rings. The van der Waals surface area contributed by atoms with Crippen molar-refractivity contribution in [3.63, 3.8) is 0 Å². The molecule has 28 heavy (non-hydrogen) atoms. The van der Waals surface area contributed by atoms with E-state index in [1.807, 2.05) is 36.4 Å². The zero-order valence-corrected chi connectivity index (χ0v) is 16.4. The Kier molecular flexibility index (Phi) is 5.99. The van der Waals surface area contributed by atoms with E-state index in [0.29, 0.717) is 22.6 Å². The summed E-state index contributed by atoms with van der Waals surface area (Å²) in [5.74, 6) is 0.903. The van der Waals surface area contributed by atoms with Gasteiger partial charge in [0, 0.05) is 17.3 Å². The van der Waals surface area contributed by atoms with Gasteiger partial charge in [0.15, 0.2) is 11.5 Å². The first-order valence-corrected chi connectivity index (χ1v) is 9.25. The number of anilines is 1. The number of hydrogen-bond donors (Lipinski definition) is 2. The number of carbonyl (C=O) groups excluding carboxylic acids is 1. The highest BCUT2D eigenvalue weighted by Crippen LogP contribution is 2.34. The van der Waals surface area contributed by atoms with Gasteiger partial charge in [-0.15, -0.1) is 0 Å². The van der Waals surface area contributed by atoms with Crippen LogP contribution in [0, 0.1) is 0 Å². The van der Waals surface area contributed by atoms with Gasteiger partial charge in [0.2, 0.25) is 0 Å². The number of carbonyl (C=O) groups is 1. The monoisotopic (exact) mass is 379 g/mol. The smallest absolute Gasteiger partial charge is 0.250 e. The average Bonchev–Trinajstić information content (AvgIpc) is 2.72. The number of amides is 1. The first kappa shape index (κ1) is 19.5. The molecule has 3 aromatic rings. The van der Waals surface area contributed by atoms with Gasteiger partial charge in [-0.1, -0.05) is 31.5 Å². The number of methoxy groups -OCH3 is 2. The zero-order chi connectivity index (χ0) is 20.1. The molecule has 2 aromatic carbocycles. The minimum atomic E-state index is -0.486. The van der Waals surface area contributed by atoms with Crippen molar-refractivity contribution in [3.05, 3.63) is 59.8 Å². The van der Waals surface area contributed by atoms with Crippen LogP contribution in [0.15, 0.2) is 48.7 Å². The van der Waals surface area contributed by atoms with E-state index in [0.717, 1.165) is 29.5 Å². The minimum absolute atomic E-state index is 0.0626. The molecule has 1 atom stereocenters. The van der Waals surface area contributed by atoms with E-state index in [2.05, 4.69) is 17.2 Å². The Morgan fingerprint density at radius 1 is 1.14 bits per heavy atom. The maximum absolute atomic E-state index is 11.7. The molecule has 1 amide bonds. The molecule has 0 unspecified atom stereocenters. The van der Waals surface area contributed by atoms with Crippen LogP contribution in [0.1, 0.15) is 41.7 Å². The molecular weight excluding hydrogens is 354 g/mol. The molecule has 0 bridgehead atoms. The summed E-state index contributed by atoms with van der Waals surface area (Å²) in [4.78, 5) is 16.1. The van der Waals surface area contributed by atoms with Crippen LogP contribution in [0.25, 0.3) is 10.9 Å². The molecule has 146 valence electrons. The largest absolute Gasteiger partial charge is 0.493 e. The van der Waals surface area contributed by atoms with Crippen molar-refractivity contribution >= 4 is 22.5 Å². The summed E-state index contributed by atoms with van der Waals surface area (Å²) in [6.45, 7) is 2.14. The Labute approximate surface area is 164 Å². The molecule has 0 saturated heterocycles. The van der Waals surface area contributed by atoms with Gasteiger partial charge >= 0.3 is 0 Å². The van der Waals surface area contributed by atoms with E-state index in [1.54, 1.807) is 26.5 Å². The summed E-state index contributed by atoms with van der Waals surface area (Å²) in [6, 6.07) is 13.4. The van der Waals surface area contributed by atoms with Crippen molar-refractivity contribution in [1.82, 2.24) is 4.98 Å². The number of pyridine rings is 1. The summed E-state index contributed by atoms with van der Waals surface area (Å²) in [7, 11) is 3.25. The fourth-order valence-electron chi connectivity index (χ4n) is 3.37. The number of nitrogens with one attached hydrogen (secondary N) is 1. The maximum Gasteiger partial charge on any atom is 0.250 e. The van der Waals surface area contributed by atoms with E-state index < -0.39 is 5.91 Å². The van der Waals surface area contributed by atoms with Gasteiger partial charge in [0.1, 0.15) is 0 Å². The number of para-hydroxylation sites is 1. The van der Waals surface area contributed by atoms with E-state index in [-0.39, 0.29) is 6.04 Å². The van der Waals surface area contributed by atoms with Crippen LogP contribution in [0.3, 0.4) is 0 Å². The van der Waals surface area contributed by atoms with E-state index in [1.165, 1.54) is 0 Å². The standard InChI is InChI=1S/C22H25N3O3/c1-4-6-17(14-9-10-19(27-2)20(13-14)28-3)25-18-11-12-24-21-15(18)7-5-8-16(21)22(23)26/h5,7-13,17H,4,6H2,1-3H3,(H2,23,26)(H,24,25)/t17-/m1/s1. The summed E-state index contributed by atoms with van der Waals surface area (Å²) < 4.78 is 10.8. The molecule has 3 rings (SSSR count). The van der Waals surface area contributed by atoms with Crippen molar-refractivity contribution in [2.45, 2.75) is 25.8 Å². The summed E-state index contributed by atoms with van der Waals surface area (Å²) in [5.41, 5.74) is 8.52. The Bertz CT molecular complexity index is 988. The topological polar surface area (TPSA) is 86.5 Å². The molecule has 3 N–H and O–H groups in total. The predicted molar refractivity (Wildman–Crippen MR) is 111 cm³/mol. The molecule has 0 spiro atoms. The lowest BCUT2D eigenvalue weighted by Crippen LogP contribution is -2.13.